The summed E-state index contributed by atoms with van der Waals surface area (Å²) in [7, 11) is 0. The maximum atomic E-state index is 12.5. The molecule has 0 spiro atoms. The molecule has 5 heteroatoms. The number of rotatable bonds is 7. The van der Waals surface area contributed by atoms with E-state index in [0.717, 1.165) is 22.0 Å². The first-order valence-corrected chi connectivity index (χ1v) is 8.61. The van der Waals surface area contributed by atoms with Gasteiger partial charge in [0.1, 0.15) is 12.5 Å². The quantitative estimate of drug-likeness (QED) is 0.507. The Balaban J connectivity index is 1.59. The van der Waals surface area contributed by atoms with Crippen LogP contribution in [0.4, 0.5) is 0 Å². The van der Waals surface area contributed by atoms with E-state index in [0.29, 0.717) is 6.42 Å². The number of carbonyl (C=O) groups is 2. The molecule has 1 unspecified atom stereocenters. The molecule has 0 aliphatic carbocycles. The van der Waals surface area contributed by atoms with Gasteiger partial charge in [0, 0.05) is 17.1 Å². The van der Waals surface area contributed by atoms with Gasteiger partial charge in [-0.05, 0) is 30.5 Å². The predicted octanol–water partition coefficient (Wildman–Crippen LogP) is 2.99. The molecular weight excluding hydrogens is 328 g/mol. The van der Waals surface area contributed by atoms with E-state index in [1.165, 1.54) is 0 Å². The summed E-state index contributed by atoms with van der Waals surface area (Å²) in [6, 6.07) is 16.4. The lowest BCUT2D eigenvalue weighted by atomic mass is 9.95. The molecule has 3 rings (SSSR count). The highest BCUT2D eigenvalue weighted by atomic mass is 16.5. The summed E-state index contributed by atoms with van der Waals surface area (Å²) in [4.78, 5) is 27.9. The fourth-order valence-electron chi connectivity index (χ4n) is 2.93. The van der Waals surface area contributed by atoms with Crippen LogP contribution in [0.1, 0.15) is 18.1 Å². The molecule has 0 bridgehead atoms. The van der Waals surface area contributed by atoms with Crippen molar-refractivity contribution >= 4 is 22.7 Å². The molecule has 3 aromatic rings. The molecule has 26 heavy (non-hydrogen) atoms. The summed E-state index contributed by atoms with van der Waals surface area (Å²) < 4.78 is 5.25. The summed E-state index contributed by atoms with van der Waals surface area (Å²) in [5, 5.41) is 1.04. The molecule has 0 saturated carbocycles. The zero-order chi connectivity index (χ0) is 18.5. The maximum absolute atomic E-state index is 12.5. The Bertz CT molecular complexity index is 902. The van der Waals surface area contributed by atoms with Gasteiger partial charge in [-0.25, -0.2) is 0 Å². The van der Waals surface area contributed by atoms with Crippen LogP contribution in [0.3, 0.4) is 0 Å². The first-order chi connectivity index (χ1) is 12.6. The topological polar surface area (TPSA) is 85.2 Å². The zero-order valence-corrected chi connectivity index (χ0v) is 14.6. The average Bonchev–Trinajstić information content (AvgIpc) is 3.08. The molecular formula is C21H22N2O3. The van der Waals surface area contributed by atoms with Crippen molar-refractivity contribution in [3.05, 3.63) is 71.9 Å². The SMILES string of the molecule is CC(C(=O)OCc1ccccc1)C(=O)[C@H](N)Cc1c[nH]c2ccccc12. The third-order valence-electron chi connectivity index (χ3n) is 4.48. The second-order valence-electron chi connectivity index (χ2n) is 6.39. The van der Waals surface area contributed by atoms with Crippen LogP contribution < -0.4 is 5.73 Å². The highest BCUT2D eigenvalue weighted by Gasteiger charge is 2.28. The molecule has 1 aromatic heterocycles. The number of fused-ring (bicyclic) bond motifs is 1. The Kier molecular flexibility index (Phi) is 5.49. The van der Waals surface area contributed by atoms with Gasteiger partial charge in [-0.3, -0.25) is 9.59 Å². The lowest BCUT2D eigenvalue weighted by Gasteiger charge is -2.15. The van der Waals surface area contributed by atoms with E-state index in [1.54, 1.807) is 6.92 Å². The Morgan fingerprint density at radius 3 is 2.54 bits per heavy atom. The van der Waals surface area contributed by atoms with Gasteiger partial charge in [-0.2, -0.15) is 0 Å². The second kappa shape index (κ2) is 7.97. The van der Waals surface area contributed by atoms with Crippen molar-refractivity contribution in [1.29, 1.82) is 0 Å². The summed E-state index contributed by atoms with van der Waals surface area (Å²) in [6.45, 7) is 1.69. The molecule has 5 nitrogen and oxygen atoms in total. The van der Waals surface area contributed by atoms with Gasteiger partial charge in [-0.15, -0.1) is 0 Å². The number of aromatic nitrogens is 1. The van der Waals surface area contributed by atoms with E-state index in [2.05, 4.69) is 4.98 Å². The number of ketones is 1. The average molecular weight is 350 g/mol. The number of H-pyrrole nitrogens is 1. The Morgan fingerprint density at radius 1 is 1.08 bits per heavy atom. The van der Waals surface area contributed by atoms with Crippen LogP contribution in [-0.2, 0) is 27.4 Å². The lowest BCUT2D eigenvalue weighted by Crippen LogP contribution is -2.39. The third-order valence-corrected chi connectivity index (χ3v) is 4.48. The molecule has 0 aliphatic rings. The number of nitrogens with one attached hydrogen (secondary N) is 1. The van der Waals surface area contributed by atoms with Gasteiger partial charge in [-0.1, -0.05) is 48.5 Å². The van der Waals surface area contributed by atoms with Gasteiger partial charge in [0.05, 0.1) is 6.04 Å². The number of hydrogen-bond acceptors (Lipinski definition) is 4. The third kappa shape index (κ3) is 4.00. The van der Waals surface area contributed by atoms with Crippen molar-refractivity contribution in [3.8, 4) is 0 Å². The molecule has 2 atom stereocenters. The van der Waals surface area contributed by atoms with Crippen LogP contribution >= 0.6 is 0 Å². The second-order valence-corrected chi connectivity index (χ2v) is 6.39. The van der Waals surface area contributed by atoms with Gasteiger partial charge in [0.2, 0.25) is 0 Å². The molecule has 2 aromatic carbocycles. The fourth-order valence-corrected chi connectivity index (χ4v) is 2.93. The van der Waals surface area contributed by atoms with E-state index in [9.17, 15) is 9.59 Å². The number of benzene rings is 2. The molecule has 0 amide bonds. The van der Waals surface area contributed by atoms with E-state index in [1.807, 2.05) is 60.8 Å². The lowest BCUT2D eigenvalue weighted by molar-refractivity contribution is -0.152. The standard InChI is InChI=1S/C21H22N2O3/c1-14(21(25)26-13-15-7-3-2-4-8-15)20(24)18(22)11-16-12-23-19-10-6-5-9-17(16)19/h2-10,12,14,18,23H,11,13,22H2,1H3/t14?,18-/m1/s1. The van der Waals surface area contributed by atoms with E-state index < -0.39 is 17.9 Å². The molecule has 3 N–H and O–H groups in total. The number of hydrogen-bond donors (Lipinski definition) is 2. The van der Waals surface area contributed by atoms with Crippen molar-refractivity contribution in [2.45, 2.75) is 26.0 Å². The van der Waals surface area contributed by atoms with Crippen molar-refractivity contribution in [2.24, 2.45) is 11.7 Å². The Labute approximate surface area is 152 Å². The number of ether oxygens (including phenoxy) is 1. The van der Waals surface area contributed by atoms with Gasteiger partial charge in [0.15, 0.2) is 5.78 Å². The van der Waals surface area contributed by atoms with Crippen molar-refractivity contribution in [3.63, 3.8) is 0 Å². The normalized spacial score (nSPS) is 13.3. The van der Waals surface area contributed by atoms with Crippen LogP contribution in [0.15, 0.2) is 60.8 Å². The smallest absolute Gasteiger partial charge is 0.316 e. The minimum absolute atomic E-state index is 0.148. The highest BCUT2D eigenvalue weighted by molar-refractivity contribution is 6.01. The minimum atomic E-state index is -0.890. The van der Waals surface area contributed by atoms with Gasteiger partial charge >= 0.3 is 5.97 Å². The molecule has 1 heterocycles. The van der Waals surface area contributed by atoms with Gasteiger partial charge in [0.25, 0.3) is 0 Å². The zero-order valence-electron chi connectivity index (χ0n) is 14.6. The maximum Gasteiger partial charge on any atom is 0.316 e. The van der Waals surface area contributed by atoms with Crippen LogP contribution in [0.2, 0.25) is 0 Å². The van der Waals surface area contributed by atoms with Gasteiger partial charge < -0.3 is 15.5 Å². The highest BCUT2D eigenvalue weighted by Crippen LogP contribution is 2.19. The van der Waals surface area contributed by atoms with Crippen LogP contribution in [0.25, 0.3) is 10.9 Å². The van der Waals surface area contributed by atoms with Crippen molar-refractivity contribution < 1.29 is 14.3 Å². The Hall–Kier alpha value is -2.92. The molecule has 0 fully saturated rings. The Morgan fingerprint density at radius 2 is 1.77 bits per heavy atom. The summed E-state index contributed by atoms with van der Waals surface area (Å²) in [6.07, 6.45) is 2.23. The summed E-state index contributed by atoms with van der Waals surface area (Å²) in [5.74, 6) is -1.75. The summed E-state index contributed by atoms with van der Waals surface area (Å²) in [5.41, 5.74) is 8.91. The molecule has 0 radical (unpaired) electrons. The number of aromatic amines is 1. The number of carbonyl (C=O) groups excluding carboxylic acids is 2. The number of para-hydroxylation sites is 1. The molecule has 0 saturated heterocycles. The first-order valence-electron chi connectivity index (χ1n) is 8.61. The van der Waals surface area contributed by atoms with Crippen LogP contribution in [0, 0.1) is 5.92 Å². The molecule has 134 valence electrons. The fraction of sp³-hybridized carbons (Fsp3) is 0.238. The number of esters is 1. The minimum Gasteiger partial charge on any atom is -0.460 e. The monoisotopic (exact) mass is 350 g/mol. The number of Topliss-reactive ketones (excluding diaryl/α,β-unsaturated/α-hetero) is 1. The largest absolute Gasteiger partial charge is 0.460 e. The summed E-state index contributed by atoms with van der Waals surface area (Å²) >= 11 is 0. The van der Waals surface area contributed by atoms with Crippen LogP contribution in [-0.4, -0.2) is 22.8 Å². The van der Waals surface area contributed by atoms with Crippen molar-refractivity contribution in [1.82, 2.24) is 4.98 Å². The first kappa shape index (κ1) is 17.9. The van der Waals surface area contributed by atoms with Crippen molar-refractivity contribution in [2.75, 3.05) is 0 Å². The van der Waals surface area contributed by atoms with Crippen LogP contribution in [0.5, 0.6) is 0 Å². The van der Waals surface area contributed by atoms with E-state index in [-0.39, 0.29) is 12.4 Å². The molecule has 0 aliphatic heterocycles. The van der Waals surface area contributed by atoms with E-state index in [4.69, 9.17) is 10.5 Å². The van der Waals surface area contributed by atoms with E-state index >= 15 is 0 Å². The predicted molar refractivity (Wildman–Crippen MR) is 100 cm³/mol. The number of nitrogens with two attached hydrogens (primary N) is 1.